The van der Waals surface area contributed by atoms with Crippen molar-refractivity contribution in [2.45, 2.75) is 4.90 Å². The SMILES string of the molecule is O=S(=O)(Nc1ccc2[nH]ncc2c1)c1cc(F)cc(F)c1. The number of fused-ring (bicyclic) bond motifs is 1. The van der Waals surface area contributed by atoms with Gasteiger partial charge in [-0.2, -0.15) is 5.10 Å². The number of benzene rings is 2. The molecule has 0 radical (unpaired) electrons. The minimum Gasteiger partial charge on any atom is -0.280 e. The van der Waals surface area contributed by atoms with Gasteiger partial charge in [0.15, 0.2) is 0 Å². The van der Waals surface area contributed by atoms with Crippen LogP contribution in [0.2, 0.25) is 0 Å². The molecule has 0 spiro atoms. The van der Waals surface area contributed by atoms with Crippen molar-refractivity contribution < 1.29 is 17.2 Å². The third-order valence-electron chi connectivity index (χ3n) is 2.84. The van der Waals surface area contributed by atoms with Gasteiger partial charge in [-0.25, -0.2) is 17.2 Å². The van der Waals surface area contributed by atoms with Crippen LogP contribution in [0.3, 0.4) is 0 Å². The van der Waals surface area contributed by atoms with Gasteiger partial charge in [0.1, 0.15) is 11.6 Å². The normalized spacial score (nSPS) is 11.7. The molecule has 3 aromatic rings. The van der Waals surface area contributed by atoms with E-state index in [9.17, 15) is 17.2 Å². The molecule has 0 aliphatic rings. The second kappa shape index (κ2) is 4.81. The van der Waals surface area contributed by atoms with Gasteiger partial charge < -0.3 is 0 Å². The summed E-state index contributed by atoms with van der Waals surface area (Å²) in [5, 5.41) is 7.26. The molecule has 0 aliphatic heterocycles. The molecule has 0 bridgehead atoms. The number of H-pyrrole nitrogens is 1. The number of hydrogen-bond acceptors (Lipinski definition) is 3. The average molecular weight is 309 g/mol. The first-order valence-electron chi connectivity index (χ1n) is 5.86. The van der Waals surface area contributed by atoms with Gasteiger partial charge in [-0.3, -0.25) is 9.82 Å². The van der Waals surface area contributed by atoms with E-state index in [-0.39, 0.29) is 5.69 Å². The third-order valence-corrected chi connectivity index (χ3v) is 4.20. The molecule has 108 valence electrons. The highest BCUT2D eigenvalue weighted by molar-refractivity contribution is 7.92. The molecule has 2 N–H and O–H groups in total. The highest BCUT2D eigenvalue weighted by Gasteiger charge is 2.17. The highest BCUT2D eigenvalue weighted by atomic mass is 32.2. The van der Waals surface area contributed by atoms with Crippen LogP contribution in [0, 0.1) is 11.6 Å². The number of hydrogen-bond donors (Lipinski definition) is 2. The molecule has 0 unspecified atom stereocenters. The summed E-state index contributed by atoms with van der Waals surface area (Å²) >= 11 is 0. The lowest BCUT2D eigenvalue weighted by Gasteiger charge is -2.08. The molecular weight excluding hydrogens is 300 g/mol. The zero-order valence-corrected chi connectivity index (χ0v) is 11.3. The first-order valence-corrected chi connectivity index (χ1v) is 7.34. The fraction of sp³-hybridized carbons (Fsp3) is 0. The molecule has 0 saturated heterocycles. The summed E-state index contributed by atoms with van der Waals surface area (Å²) in [6.07, 6.45) is 1.54. The Morgan fingerprint density at radius 3 is 2.48 bits per heavy atom. The van der Waals surface area contributed by atoms with Gasteiger partial charge in [0.2, 0.25) is 0 Å². The van der Waals surface area contributed by atoms with E-state index in [1.54, 1.807) is 12.1 Å². The van der Waals surface area contributed by atoms with Crippen LogP contribution in [0.4, 0.5) is 14.5 Å². The van der Waals surface area contributed by atoms with E-state index in [4.69, 9.17) is 0 Å². The number of nitrogens with one attached hydrogen (secondary N) is 2. The standard InChI is InChI=1S/C13H9F2N3O2S/c14-9-4-10(15)6-12(5-9)21(19,20)18-11-1-2-13-8(3-11)7-16-17-13/h1-7,18H,(H,16,17). The second-order valence-electron chi connectivity index (χ2n) is 4.38. The van der Waals surface area contributed by atoms with Crippen LogP contribution >= 0.6 is 0 Å². The van der Waals surface area contributed by atoms with Gasteiger partial charge in [0.25, 0.3) is 10.0 Å². The van der Waals surface area contributed by atoms with Gasteiger partial charge in [-0.05, 0) is 30.3 Å². The van der Waals surface area contributed by atoms with Crippen LogP contribution in [-0.4, -0.2) is 18.6 Å². The Kier molecular flexibility index (Phi) is 3.09. The van der Waals surface area contributed by atoms with Crippen LogP contribution in [0.1, 0.15) is 0 Å². The lowest BCUT2D eigenvalue weighted by Crippen LogP contribution is -2.13. The topological polar surface area (TPSA) is 74.8 Å². The zero-order valence-electron chi connectivity index (χ0n) is 10.5. The summed E-state index contributed by atoms with van der Waals surface area (Å²) in [4.78, 5) is -0.479. The molecule has 0 aliphatic carbocycles. The van der Waals surface area contributed by atoms with Crippen molar-refractivity contribution in [2.75, 3.05) is 4.72 Å². The number of aromatic amines is 1. The fourth-order valence-corrected chi connectivity index (χ4v) is 2.99. The molecule has 1 heterocycles. The highest BCUT2D eigenvalue weighted by Crippen LogP contribution is 2.21. The van der Waals surface area contributed by atoms with E-state index in [1.807, 2.05) is 0 Å². The molecule has 1 aromatic heterocycles. The van der Waals surface area contributed by atoms with Crippen molar-refractivity contribution in [3.8, 4) is 0 Å². The Morgan fingerprint density at radius 2 is 1.76 bits per heavy atom. The summed E-state index contributed by atoms with van der Waals surface area (Å²) in [6.45, 7) is 0. The monoisotopic (exact) mass is 309 g/mol. The average Bonchev–Trinajstić information content (AvgIpc) is 2.84. The molecule has 2 aromatic carbocycles. The van der Waals surface area contributed by atoms with Crippen molar-refractivity contribution in [1.29, 1.82) is 0 Å². The van der Waals surface area contributed by atoms with Crippen molar-refractivity contribution in [2.24, 2.45) is 0 Å². The fourth-order valence-electron chi connectivity index (χ4n) is 1.90. The molecule has 0 saturated carbocycles. The predicted octanol–water partition coefficient (Wildman–Crippen LogP) is 2.64. The van der Waals surface area contributed by atoms with Crippen LogP contribution in [-0.2, 0) is 10.0 Å². The van der Waals surface area contributed by atoms with Crippen LogP contribution in [0.5, 0.6) is 0 Å². The first-order chi connectivity index (χ1) is 9.94. The van der Waals surface area contributed by atoms with Gasteiger partial charge in [0, 0.05) is 17.1 Å². The van der Waals surface area contributed by atoms with Crippen molar-refractivity contribution >= 4 is 26.6 Å². The Bertz CT molecular complexity index is 902. The van der Waals surface area contributed by atoms with Crippen molar-refractivity contribution in [3.63, 3.8) is 0 Å². The smallest absolute Gasteiger partial charge is 0.262 e. The maximum Gasteiger partial charge on any atom is 0.262 e. The minimum atomic E-state index is -4.07. The Labute approximate surface area is 118 Å². The summed E-state index contributed by atoms with van der Waals surface area (Å²) in [6, 6.07) is 6.84. The molecule has 3 rings (SSSR count). The Morgan fingerprint density at radius 1 is 1.05 bits per heavy atom. The van der Waals surface area contributed by atoms with E-state index in [0.717, 1.165) is 17.6 Å². The van der Waals surface area contributed by atoms with Crippen molar-refractivity contribution in [3.05, 3.63) is 54.2 Å². The van der Waals surface area contributed by atoms with E-state index in [0.29, 0.717) is 11.5 Å². The molecule has 21 heavy (non-hydrogen) atoms. The van der Waals surface area contributed by atoms with Crippen LogP contribution in [0.15, 0.2) is 47.5 Å². The van der Waals surface area contributed by atoms with Crippen molar-refractivity contribution in [1.82, 2.24) is 10.2 Å². The number of halogens is 2. The van der Waals surface area contributed by atoms with Gasteiger partial charge in [0.05, 0.1) is 16.6 Å². The van der Waals surface area contributed by atoms with E-state index in [2.05, 4.69) is 14.9 Å². The third kappa shape index (κ3) is 2.70. The van der Waals surface area contributed by atoms with Gasteiger partial charge >= 0.3 is 0 Å². The van der Waals surface area contributed by atoms with Gasteiger partial charge in [-0.15, -0.1) is 0 Å². The van der Waals surface area contributed by atoms with Crippen LogP contribution in [0.25, 0.3) is 10.9 Å². The molecule has 8 heteroatoms. The number of nitrogens with zero attached hydrogens (tertiary/aromatic N) is 1. The Hall–Kier alpha value is -2.48. The molecule has 0 fully saturated rings. The van der Waals surface area contributed by atoms with E-state index < -0.39 is 26.6 Å². The number of aromatic nitrogens is 2. The van der Waals surface area contributed by atoms with E-state index >= 15 is 0 Å². The molecule has 5 nitrogen and oxygen atoms in total. The van der Waals surface area contributed by atoms with Gasteiger partial charge in [-0.1, -0.05) is 0 Å². The lowest BCUT2D eigenvalue weighted by molar-refractivity contribution is 0.568. The maximum atomic E-state index is 13.1. The number of sulfonamides is 1. The summed E-state index contributed by atoms with van der Waals surface area (Å²) in [5.74, 6) is -1.92. The largest absolute Gasteiger partial charge is 0.280 e. The molecule has 0 amide bonds. The predicted molar refractivity (Wildman–Crippen MR) is 73.3 cm³/mol. The van der Waals surface area contributed by atoms with Crippen LogP contribution < -0.4 is 4.72 Å². The van der Waals surface area contributed by atoms with E-state index in [1.165, 1.54) is 12.3 Å². The summed E-state index contributed by atoms with van der Waals surface area (Å²) in [7, 11) is -4.07. The zero-order chi connectivity index (χ0) is 15.0. The quantitative estimate of drug-likeness (QED) is 0.781. The summed E-state index contributed by atoms with van der Waals surface area (Å²) in [5.41, 5.74) is 1.02. The maximum absolute atomic E-state index is 13.1. The Balaban J connectivity index is 1.98. The summed E-state index contributed by atoms with van der Waals surface area (Å²) < 4.78 is 52.7. The molecule has 0 atom stereocenters. The second-order valence-corrected chi connectivity index (χ2v) is 6.07. The minimum absolute atomic E-state index is 0.272. The number of rotatable bonds is 3. The number of anilines is 1. The molecular formula is C13H9F2N3O2S. The lowest BCUT2D eigenvalue weighted by atomic mass is 10.2. The first kappa shape index (κ1) is 13.5.